The van der Waals surface area contributed by atoms with E-state index >= 15 is 0 Å². The fourth-order valence-electron chi connectivity index (χ4n) is 1.58. The van der Waals surface area contributed by atoms with Crippen LogP contribution in [0.15, 0.2) is 0 Å². The molecule has 0 aliphatic carbocycles. The van der Waals surface area contributed by atoms with E-state index in [2.05, 4.69) is 18.7 Å². The first-order valence-corrected chi connectivity index (χ1v) is 4.59. The van der Waals surface area contributed by atoms with Crippen LogP contribution in [0.4, 0.5) is 0 Å². The molecule has 0 saturated carbocycles. The van der Waals surface area contributed by atoms with Gasteiger partial charge in [-0.15, -0.1) is 0 Å². The highest BCUT2D eigenvalue weighted by molar-refractivity contribution is 4.73. The summed E-state index contributed by atoms with van der Waals surface area (Å²) in [7, 11) is 0. The Morgan fingerprint density at radius 2 is 2.00 bits per heavy atom. The number of hydrogen-bond acceptors (Lipinski definition) is 2. The molecule has 66 valence electrons. The van der Waals surface area contributed by atoms with Crippen LogP contribution in [0.25, 0.3) is 0 Å². The lowest BCUT2D eigenvalue weighted by Crippen LogP contribution is -2.41. The van der Waals surface area contributed by atoms with Gasteiger partial charge in [-0.05, 0) is 38.8 Å². The molecule has 1 N–H and O–H groups in total. The highest BCUT2D eigenvalue weighted by Crippen LogP contribution is 2.17. The van der Waals surface area contributed by atoms with Gasteiger partial charge in [0.1, 0.15) is 0 Å². The highest BCUT2D eigenvalue weighted by Gasteiger charge is 2.18. The molecule has 1 rings (SSSR count). The molecule has 0 aromatic rings. The molecule has 1 heterocycles. The van der Waals surface area contributed by atoms with Crippen molar-refractivity contribution < 1.29 is 5.11 Å². The second-order valence-corrected chi connectivity index (χ2v) is 3.75. The summed E-state index contributed by atoms with van der Waals surface area (Å²) in [4.78, 5) is 2.38. The van der Waals surface area contributed by atoms with Crippen molar-refractivity contribution in [2.45, 2.75) is 32.7 Å². The van der Waals surface area contributed by atoms with Crippen molar-refractivity contribution in [3.05, 3.63) is 0 Å². The standard InChI is InChI=1S/C9H19NO/c1-8-3-5-10(6-4-8)9(2)7-11/h8-9,11H,3-7H2,1-2H3. The van der Waals surface area contributed by atoms with Crippen molar-refractivity contribution in [2.24, 2.45) is 5.92 Å². The van der Waals surface area contributed by atoms with Crippen molar-refractivity contribution in [3.8, 4) is 0 Å². The van der Waals surface area contributed by atoms with Gasteiger partial charge in [-0.25, -0.2) is 0 Å². The van der Waals surface area contributed by atoms with Crippen LogP contribution in [-0.2, 0) is 0 Å². The number of aliphatic hydroxyl groups is 1. The number of piperidine rings is 1. The Kier molecular flexibility index (Phi) is 3.34. The number of aliphatic hydroxyl groups excluding tert-OH is 1. The monoisotopic (exact) mass is 157 g/mol. The Morgan fingerprint density at radius 1 is 1.45 bits per heavy atom. The summed E-state index contributed by atoms with van der Waals surface area (Å²) in [6.45, 7) is 7.04. The van der Waals surface area contributed by atoms with Crippen LogP contribution in [0.2, 0.25) is 0 Å². The van der Waals surface area contributed by atoms with Gasteiger partial charge in [0.25, 0.3) is 0 Å². The molecule has 0 radical (unpaired) electrons. The van der Waals surface area contributed by atoms with Gasteiger partial charge in [-0.3, -0.25) is 4.90 Å². The molecule has 0 bridgehead atoms. The highest BCUT2D eigenvalue weighted by atomic mass is 16.3. The normalized spacial score (nSPS) is 25.4. The molecule has 0 spiro atoms. The lowest BCUT2D eigenvalue weighted by Gasteiger charge is -2.33. The van der Waals surface area contributed by atoms with E-state index in [-0.39, 0.29) is 0 Å². The van der Waals surface area contributed by atoms with E-state index in [9.17, 15) is 0 Å². The van der Waals surface area contributed by atoms with Gasteiger partial charge in [-0.1, -0.05) is 6.92 Å². The minimum Gasteiger partial charge on any atom is -0.395 e. The van der Waals surface area contributed by atoms with Gasteiger partial charge in [0.05, 0.1) is 6.61 Å². The Bertz CT molecular complexity index is 108. The van der Waals surface area contributed by atoms with Crippen LogP contribution in [0.5, 0.6) is 0 Å². The maximum atomic E-state index is 8.91. The molecule has 2 nitrogen and oxygen atoms in total. The van der Waals surface area contributed by atoms with Crippen LogP contribution >= 0.6 is 0 Å². The van der Waals surface area contributed by atoms with Gasteiger partial charge in [0.2, 0.25) is 0 Å². The zero-order chi connectivity index (χ0) is 8.27. The van der Waals surface area contributed by atoms with E-state index in [1.807, 2.05) is 0 Å². The van der Waals surface area contributed by atoms with E-state index < -0.39 is 0 Å². The minimum atomic E-state index is 0.300. The summed E-state index contributed by atoms with van der Waals surface area (Å²) in [5.74, 6) is 0.886. The summed E-state index contributed by atoms with van der Waals surface area (Å²) in [5.41, 5.74) is 0. The summed E-state index contributed by atoms with van der Waals surface area (Å²) in [5, 5.41) is 8.91. The molecule has 11 heavy (non-hydrogen) atoms. The Balaban J connectivity index is 2.27. The third-order valence-corrected chi connectivity index (χ3v) is 2.71. The minimum absolute atomic E-state index is 0.300. The van der Waals surface area contributed by atoms with Gasteiger partial charge in [-0.2, -0.15) is 0 Å². The largest absolute Gasteiger partial charge is 0.395 e. The van der Waals surface area contributed by atoms with Gasteiger partial charge >= 0.3 is 0 Å². The van der Waals surface area contributed by atoms with Crippen LogP contribution in [0.1, 0.15) is 26.7 Å². The Morgan fingerprint density at radius 3 is 2.45 bits per heavy atom. The molecule has 2 heteroatoms. The molecule has 1 unspecified atom stereocenters. The SMILES string of the molecule is CC1CCN(C(C)CO)CC1. The van der Waals surface area contributed by atoms with Crippen LogP contribution < -0.4 is 0 Å². The molecule has 0 aromatic heterocycles. The predicted molar refractivity (Wildman–Crippen MR) is 46.5 cm³/mol. The number of likely N-dealkylation sites (tertiary alicyclic amines) is 1. The van der Waals surface area contributed by atoms with E-state index in [1.54, 1.807) is 0 Å². The lowest BCUT2D eigenvalue weighted by atomic mass is 9.98. The lowest BCUT2D eigenvalue weighted by molar-refractivity contribution is 0.0998. The summed E-state index contributed by atoms with van der Waals surface area (Å²) < 4.78 is 0. The van der Waals surface area contributed by atoms with E-state index in [1.165, 1.54) is 25.9 Å². The molecule has 1 aliphatic heterocycles. The molecule has 1 aliphatic rings. The maximum absolute atomic E-state index is 8.91. The third-order valence-electron chi connectivity index (χ3n) is 2.71. The van der Waals surface area contributed by atoms with Crippen molar-refractivity contribution in [1.29, 1.82) is 0 Å². The smallest absolute Gasteiger partial charge is 0.0584 e. The molecule has 0 aromatic carbocycles. The topological polar surface area (TPSA) is 23.5 Å². The van der Waals surface area contributed by atoms with E-state index in [0.29, 0.717) is 12.6 Å². The average Bonchev–Trinajstić information content (AvgIpc) is 2.05. The molecule has 0 amide bonds. The number of nitrogens with zero attached hydrogens (tertiary/aromatic N) is 1. The van der Waals surface area contributed by atoms with Crippen molar-refractivity contribution in [2.75, 3.05) is 19.7 Å². The summed E-state index contributed by atoms with van der Waals surface area (Å²) in [6, 6.07) is 0.363. The molecular formula is C9H19NO. The molecule has 1 fully saturated rings. The fraction of sp³-hybridized carbons (Fsp3) is 1.00. The molecule has 1 atom stereocenters. The van der Waals surface area contributed by atoms with Gasteiger partial charge in [0, 0.05) is 6.04 Å². The third kappa shape index (κ3) is 2.46. The van der Waals surface area contributed by atoms with E-state index in [4.69, 9.17) is 5.11 Å². The first kappa shape index (κ1) is 9.01. The van der Waals surface area contributed by atoms with Crippen molar-refractivity contribution in [1.82, 2.24) is 4.90 Å². The predicted octanol–water partition coefficient (Wildman–Crippen LogP) is 1.10. The maximum Gasteiger partial charge on any atom is 0.0584 e. The molecular weight excluding hydrogens is 138 g/mol. The fourth-order valence-corrected chi connectivity index (χ4v) is 1.58. The first-order chi connectivity index (χ1) is 5.24. The Hall–Kier alpha value is -0.0800. The zero-order valence-electron chi connectivity index (χ0n) is 7.58. The Labute approximate surface area is 69.2 Å². The average molecular weight is 157 g/mol. The number of hydrogen-bond donors (Lipinski definition) is 1. The second-order valence-electron chi connectivity index (χ2n) is 3.75. The van der Waals surface area contributed by atoms with Crippen LogP contribution in [0.3, 0.4) is 0 Å². The second kappa shape index (κ2) is 4.07. The summed E-state index contributed by atoms with van der Waals surface area (Å²) in [6.07, 6.45) is 2.59. The quantitative estimate of drug-likeness (QED) is 0.649. The van der Waals surface area contributed by atoms with Crippen LogP contribution in [-0.4, -0.2) is 35.7 Å². The van der Waals surface area contributed by atoms with E-state index in [0.717, 1.165) is 5.92 Å². The zero-order valence-corrected chi connectivity index (χ0v) is 7.58. The summed E-state index contributed by atoms with van der Waals surface area (Å²) >= 11 is 0. The van der Waals surface area contributed by atoms with Crippen LogP contribution in [0, 0.1) is 5.92 Å². The molecule has 1 saturated heterocycles. The van der Waals surface area contributed by atoms with Crippen molar-refractivity contribution in [3.63, 3.8) is 0 Å². The first-order valence-electron chi connectivity index (χ1n) is 4.59. The van der Waals surface area contributed by atoms with Gasteiger partial charge in [0.15, 0.2) is 0 Å². The number of rotatable bonds is 2. The van der Waals surface area contributed by atoms with Gasteiger partial charge < -0.3 is 5.11 Å². The van der Waals surface area contributed by atoms with Crippen molar-refractivity contribution >= 4 is 0 Å².